The number of hydrogen-bond acceptors (Lipinski definition) is 4. The Labute approximate surface area is 189 Å². The SMILES string of the molecule is CS(=O)(=O)Nc1ccc(/C=C/C(=O)NCCc2ccc(OCc3ccccc3)cc2)cc1. The van der Waals surface area contributed by atoms with E-state index in [4.69, 9.17) is 4.74 Å². The minimum atomic E-state index is -3.31. The van der Waals surface area contributed by atoms with Crippen molar-refractivity contribution in [3.63, 3.8) is 0 Å². The van der Waals surface area contributed by atoms with Crippen LogP contribution in [0.5, 0.6) is 5.75 Å². The van der Waals surface area contributed by atoms with Crippen molar-refractivity contribution in [2.45, 2.75) is 13.0 Å². The van der Waals surface area contributed by atoms with Crippen LogP contribution < -0.4 is 14.8 Å². The Morgan fingerprint density at radius 3 is 2.25 bits per heavy atom. The van der Waals surface area contributed by atoms with E-state index in [-0.39, 0.29) is 5.91 Å². The van der Waals surface area contributed by atoms with Crippen LogP contribution in [0.2, 0.25) is 0 Å². The van der Waals surface area contributed by atoms with E-state index in [9.17, 15) is 13.2 Å². The van der Waals surface area contributed by atoms with Crippen molar-refractivity contribution in [2.75, 3.05) is 17.5 Å². The first-order valence-electron chi connectivity index (χ1n) is 10.2. The van der Waals surface area contributed by atoms with Gasteiger partial charge in [0, 0.05) is 18.3 Å². The molecule has 0 aromatic heterocycles. The van der Waals surface area contributed by atoms with Gasteiger partial charge in [0.15, 0.2) is 0 Å². The third kappa shape index (κ3) is 8.28. The van der Waals surface area contributed by atoms with E-state index in [0.717, 1.165) is 28.7 Å². The molecule has 3 aromatic rings. The topological polar surface area (TPSA) is 84.5 Å². The number of benzene rings is 3. The molecule has 7 heteroatoms. The van der Waals surface area contributed by atoms with Crippen molar-refractivity contribution in [2.24, 2.45) is 0 Å². The number of sulfonamides is 1. The summed E-state index contributed by atoms with van der Waals surface area (Å²) in [5, 5.41) is 2.86. The third-order valence-electron chi connectivity index (χ3n) is 4.53. The molecule has 0 aliphatic rings. The smallest absolute Gasteiger partial charge is 0.244 e. The zero-order chi connectivity index (χ0) is 22.8. The molecular formula is C25H26N2O4S. The lowest BCUT2D eigenvalue weighted by atomic mass is 10.1. The molecule has 0 radical (unpaired) electrons. The van der Waals surface area contributed by atoms with Gasteiger partial charge < -0.3 is 10.1 Å². The van der Waals surface area contributed by atoms with Crippen molar-refractivity contribution in [3.05, 3.63) is 102 Å². The fourth-order valence-corrected chi connectivity index (χ4v) is 3.49. The molecule has 3 aromatic carbocycles. The summed E-state index contributed by atoms with van der Waals surface area (Å²) in [6.07, 6.45) is 4.95. The molecule has 6 nitrogen and oxygen atoms in total. The first-order chi connectivity index (χ1) is 15.4. The number of carbonyl (C=O) groups excluding carboxylic acids is 1. The summed E-state index contributed by atoms with van der Waals surface area (Å²) < 4.78 is 30.6. The minimum absolute atomic E-state index is 0.189. The monoisotopic (exact) mass is 450 g/mol. The van der Waals surface area contributed by atoms with Crippen LogP contribution in [0.15, 0.2) is 84.9 Å². The normalized spacial score (nSPS) is 11.3. The van der Waals surface area contributed by atoms with Gasteiger partial charge in [-0.25, -0.2) is 8.42 Å². The van der Waals surface area contributed by atoms with E-state index in [1.807, 2.05) is 54.6 Å². The van der Waals surface area contributed by atoms with Crippen LogP contribution in [-0.2, 0) is 27.8 Å². The highest BCUT2D eigenvalue weighted by atomic mass is 32.2. The molecule has 0 spiro atoms. The van der Waals surface area contributed by atoms with Gasteiger partial charge in [0.2, 0.25) is 15.9 Å². The lowest BCUT2D eigenvalue weighted by molar-refractivity contribution is -0.116. The molecule has 0 saturated carbocycles. The van der Waals surface area contributed by atoms with E-state index in [0.29, 0.717) is 25.3 Å². The average molecular weight is 451 g/mol. The molecule has 0 fully saturated rings. The van der Waals surface area contributed by atoms with Gasteiger partial charge in [-0.2, -0.15) is 0 Å². The van der Waals surface area contributed by atoms with E-state index in [1.165, 1.54) is 6.08 Å². The maximum absolute atomic E-state index is 12.0. The van der Waals surface area contributed by atoms with Crippen LogP contribution in [0.25, 0.3) is 6.08 Å². The molecule has 2 N–H and O–H groups in total. The van der Waals surface area contributed by atoms with Gasteiger partial charge in [-0.1, -0.05) is 54.6 Å². The Bertz CT molecular complexity index is 1140. The molecule has 0 atom stereocenters. The second-order valence-electron chi connectivity index (χ2n) is 7.29. The summed E-state index contributed by atoms with van der Waals surface area (Å²) >= 11 is 0. The van der Waals surface area contributed by atoms with Gasteiger partial charge in [0.1, 0.15) is 12.4 Å². The number of amides is 1. The number of hydrogen-bond donors (Lipinski definition) is 2. The summed E-state index contributed by atoms with van der Waals surface area (Å²) in [6, 6.07) is 24.6. The zero-order valence-corrected chi connectivity index (χ0v) is 18.6. The third-order valence-corrected chi connectivity index (χ3v) is 5.13. The van der Waals surface area contributed by atoms with Gasteiger partial charge in [-0.3, -0.25) is 9.52 Å². The Hall–Kier alpha value is -3.58. The van der Waals surface area contributed by atoms with Crippen LogP contribution in [0.4, 0.5) is 5.69 Å². The summed E-state index contributed by atoms with van der Waals surface area (Å²) in [5.74, 6) is 0.619. The summed E-state index contributed by atoms with van der Waals surface area (Å²) in [5.41, 5.74) is 3.50. The maximum Gasteiger partial charge on any atom is 0.244 e. The quantitative estimate of drug-likeness (QED) is 0.457. The second-order valence-corrected chi connectivity index (χ2v) is 9.04. The first kappa shape index (κ1) is 23.1. The fraction of sp³-hybridized carbons (Fsp3) is 0.160. The molecule has 32 heavy (non-hydrogen) atoms. The maximum atomic E-state index is 12.0. The van der Waals surface area contributed by atoms with Gasteiger partial charge in [0.05, 0.1) is 6.26 Å². The van der Waals surface area contributed by atoms with Crippen molar-refractivity contribution in [1.82, 2.24) is 5.32 Å². The van der Waals surface area contributed by atoms with E-state index in [1.54, 1.807) is 30.3 Å². The molecule has 0 saturated heterocycles. The van der Waals surface area contributed by atoms with Crippen LogP contribution in [0.3, 0.4) is 0 Å². The molecular weight excluding hydrogens is 424 g/mol. The Morgan fingerprint density at radius 2 is 1.59 bits per heavy atom. The zero-order valence-electron chi connectivity index (χ0n) is 17.8. The van der Waals surface area contributed by atoms with Crippen molar-refractivity contribution >= 4 is 27.7 Å². The highest BCUT2D eigenvalue weighted by Crippen LogP contribution is 2.15. The predicted octanol–water partition coefficient (Wildman–Crippen LogP) is 4.01. The van der Waals surface area contributed by atoms with Crippen molar-refractivity contribution in [3.8, 4) is 5.75 Å². The van der Waals surface area contributed by atoms with Crippen molar-refractivity contribution in [1.29, 1.82) is 0 Å². The van der Waals surface area contributed by atoms with Crippen LogP contribution in [0.1, 0.15) is 16.7 Å². The van der Waals surface area contributed by atoms with Gasteiger partial charge >= 0.3 is 0 Å². The summed E-state index contributed by atoms with van der Waals surface area (Å²) in [4.78, 5) is 12.0. The first-order valence-corrected chi connectivity index (χ1v) is 12.1. The largest absolute Gasteiger partial charge is 0.489 e. The highest BCUT2D eigenvalue weighted by Gasteiger charge is 2.02. The second kappa shape index (κ2) is 11.2. The Kier molecular flexibility index (Phi) is 8.05. The molecule has 0 bridgehead atoms. The highest BCUT2D eigenvalue weighted by molar-refractivity contribution is 7.92. The summed E-state index contributed by atoms with van der Waals surface area (Å²) in [6.45, 7) is 1.05. The molecule has 166 valence electrons. The van der Waals surface area contributed by atoms with Gasteiger partial charge in [-0.15, -0.1) is 0 Å². The standard InChI is InChI=1S/C25H26N2O4S/c1-32(29,30)27-23-12-7-20(8-13-23)11-16-25(28)26-18-17-21-9-14-24(15-10-21)31-19-22-5-3-2-4-6-22/h2-16,27H,17-19H2,1H3,(H,26,28)/b16-11+. The fourth-order valence-electron chi connectivity index (χ4n) is 2.93. The summed E-state index contributed by atoms with van der Waals surface area (Å²) in [7, 11) is -3.31. The van der Waals surface area contributed by atoms with Crippen LogP contribution >= 0.6 is 0 Å². The van der Waals surface area contributed by atoms with E-state index in [2.05, 4.69) is 10.0 Å². The predicted molar refractivity (Wildman–Crippen MR) is 128 cm³/mol. The van der Waals surface area contributed by atoms with Gasteiger partial charge in [0.25, 0.3) is 0 Å². The Balaban J connectivity index is 1.39. The molecule has 0 aliphatic carbocycles. The molecule has 3 rings (SSSR count). The lowest BCUT2D eigenvalue weighted by Gasteiger charge is -2.08. The molecule has 0 unspecified atom stereocenters. The Morgan fingerprint density at radius 1 is 0.906 bits per heavy atom. The van der Waals surface area contributed by atoms with Crippen LogP contribution in [0, 0.1) is 0 Å². The van der Waals surface area contributed by atoms with Gasteiger partial charge in [-0.05, 0) is 53.5 Å². The lowest BCUT2D eigenvalue weighted by Crippen LogP contribution is -2.23. The number of ether oxygens (including phenoxy) is 1. The minimum Gasteiger partial charge on any atom is -0.489 e. The van der Waals surface area contributed by atoms with Crippen molar-refractivity contribution < 1.29 is 17.9 Å². The van der Waals surface area contributed by atoms with E-state index < -0.39 is 10.0 Å². The number of rotatable bonds is 10. The average Bonchev–Trinajstić information content (AvgIpc) is 2.78. The number of anilines is 1. The van der Waals surface area contributed by atoms with Crippen LogP contribution in [-0.4, -0.2) is 27.1 Å². The number of carbonyl (C=O) groups is 1. The molecule has 0 aliphatic heterocycles. The number of nitrogens with one attached hydrogen (secondary N) is 2. The molecule has 0 heterocycles. The van der Waals surface area contributed by atoms with E-state index >= 15 is 0 Å². The molecule has 1 amide bonds.